The molecule has 0 spiro atoms. The Hall–Kier alpha value is -4.30. The van der Waals surface area contributed by atoms with E-state index in [1.807, 2.05) is 37.3 Å². The van der Waals surface area contributed by atoms with E-state index in [9.17, 15) is 0 Å². The van der Waals surface area contributed by atoms with Gasteiger partial charge in [0.15, 0.2) is 17.2 Å². The minimum Gasteiger partial charge on any atom is -0.359 e. The van der Waals surface area contributed by atoms with E-state index < -0.39 is 0 Å². The van der Waals surface area contributed by atoms with Gasteiger partial charge in [0, 0.05) is 32.9 Å². The molecule has 3 N–H and O–H groups in total. The van der Waals surface area contributed by atoms with Crippen molar-refractivity contribution in [3.05, 3.63) is 89.9 Å². The van der Waals surface area contributed by atoms with Crippen molar-refractivity contribution < 1.29 is 0 Å². The van der Waals surface area contributed by atoms with Crippen LogP contribution in [-0.2, 0) is 0 Å². The van der Waals surface area contributed by atoms with Gasteiger partial charge >= 0.3 is 0 Å². The second kappa shape index (κ2) is 10.6. The van der Waals surface area contributed by atoms with E-state index in [-0.39, 0.29) is 0 Å². The number of aromatic nitrogens is 6. The summed E-state index contributed by atoms with van der Waals surface area (Å²) < 4.78 is 0. The summed E-state index contributed by atoms with van der Waals surface area (Å²) in [6.45, 7) is 16.6. The second-order valence-electron chi connectivity index (χ2n) is 9.59. The maximum atomic E-state index is 4.98. The predicted octanol–water partition coefficient (Wildman–Crippen LogP) is 7.56. The van der Waals surface area contributed by atoms with Crippen molar-refractivity contribution >= 4 is 39.1 Å². The molecule has 5 rings (SSSR count). The number of hydrogen-bond donors (Lipinski definition) is 3. The van der Waals surface area contributed by atoms with Gasteiger partial charge in [-0.3, -0.25) is 5.10 Å². The number of imidazole rings is 1. The molecule has 0 saturated heterocycles. The van der Waals surface area contributed by atoms with E-state index in [4.69, 9.17) is 9.97 Å². The lowest BCUT2D eigenvalue weighted by Crippen LogP contribution is -2.12. The van der Waals surface area contributed by atoms with Crippen molar-refractivity contribution in [2.45, 2.75) is 34.1 Å². The molecule has 192 valence electrons. The number of allylic oxidation sites excluding steroid dienone is 5. The highest BCUT2D eigenvalue weighted by Crippen LogP contribution is 2.34. The van der Waals surface area contributed by atoms with Gasteiger partial charge in [-0.15, -0.1) is 11.3 Å². The average Bonchev–Trinajstić information content (AvgIpc) is 3.63. The normalized spacial score (nSPS) is 12.6. The molecular weight excluding hydrogens is 490 g/mol. The molecule has 0 aliphatic carbocycles. The maximum absolute atomic E-state index is 4.98. The van der Waals surface area contributed by atoms with Crippen LogP contribution in [0.2, 0.25) is 0 Å². The molecule has 0 aliphatic rings. The summed E-state index contributed by atoms with van der Waals surface area (Å²) in [6.07, 6.45) is 8.55. The number of aryl methyl sites for hydroxylation is 1. The molecule has 0 aliphatic heterocycles. The number of hydrogen-bond acceptors (Lipinski definition) is 6. The molecule has 0 amide bonds. The van der Waals surface area contributed by atoms with E-state index >= 15 is 0 Å². The zero-order chi connectivity index (χ0) is 26.8. The Kier molecular flexibility index (Phi) is 7.07. The molecule has 0 fully saturated rings. The molecule has 38 heavy (non-hydrogen) atoms. The van der Waals surface area contributed by atoms with Crippen LogP contribution in [0.4, 0.5) is 0 Å². The molecule has 0 saturated carbocycles. The highest BCUT2D eigenvalue weighted by atomic mass is 32.1. The van der Waals surface area contributed by atoms with Gasteiger partial charge in [0.2, 0.25) is 0 Å². The van der Waals surface area contributed by atoms with Gasteiger partial charge in [-0.25, -0.2) is 15.0 Å². The summed E-state index contributed by atoms with van der Waals surface area (Å²) in [5, 5.41) is 11.0. The van der Waals surface area contributed by atoms with E-state index in [0.29, 0.717) is 23.1 Å². The SMILES string of the molecule is C=C/C(=C\C(=C/C)c1ccc2[nH]nc(-c3nc4nccc(-c5ccc(C)s5)c4[nH]3)c2n1)NC(=C)CC(C)C. The smallest absolute Gasteiger partial charge is 0.178 e. The summed E-state index contributed by atoms with van der Waals surface area (Å²) in [5.41, 5.74) is 8.44. The highest BCUT2D eigenvalue weighted by Gasteiger charge is 2.18. The van der Waals surface area contributed by atoms with Crippen molar-refractivity contribution in [3.8, 4) is 22.0 Å². The number of rotatable bonds is 9. The molecule has 8 heteroatoms. The Bertz CT molecular complexity index is 1710. The summed E-state index contributed by atoms with van der Waals surface area (Å²) in [7, 11) is 0. The molecule has 5 aromatic heterocycles. The van der Waals surface area contributed by atoms with E-state index in [1.54, 1.807) is 23.6 Å². The number of H-pyrrole nitrogens is 2. The third-order valence-corrected chi connectivity index (χ3v) is 7.18. The van der Waals surface area contributed by atoms with Crippen molar-refractivity contribution in [2.75, 3.05) is 0 Å². The monoisotopic (exact) mass is 521 g/mol. The van der Waals surface area contributed by atoms with Gasteiger partial charge in [-0.05, 0) is 74.2 Å². The third-order valence-electron chi connectivity index (χ3n) is 6.14. The van der Waals surface area contributed by atoms with Crippen LogP contribution >= 0.6 is 11.3 Å². The van der Waals surface area contributed by atoms with E-state index in [0.717, 1.165) is 51.2 Å². The van der Waals surface area contributed by atoms with Crippen LogP contribution in [0.1, 0.15) is 37.8 Å². The van der Waals surface area contributed by atoms with Crippen LogP contribution in [0.3, 0.4) is 0 Å². The van der Waals surface area contributed by atoms with E-state index in [2.05, 4.69) is 71.5 Å². The van der Waals surface area contributed by atoms with Crippen molar-refractivity contribution in [1.82, 2.24) is 35.5 Å². The standard InChI is InChI=1S/C30H31N7S/c1-7-20(16-21(8-2)32-18(5)15-17(3)4)23-10-11-24-27(33-23)28(37-36-24)30-34-26-22(13-14-31-29(26)35-30)25-12-9-19(6)38-25/h7-14,16-17,32H,2,5,15H2,1,3-4,6H3,(H,36,37)(H,31,34,35)/b20-7+,21-16+. The van der Waals surface area contributed by atoms with Crippen LogP contribution < -0.4 is 5.32 Å². The lowest BCUT2D eigenvalue weighted by Gasteiger charge is -2.13. The van der Waals surface area contributed by atoms with Gasteiger partial charge in [0.1, 0.15) is 5.52 Å². The molecule has 0 radical (unpaired) electrons. The first-order valence-corrected chi connectivity index (χ1v) is 13.4. The quantitative estimate of drug-likeness (QED) is 0.174. The van der Waals surface area contributed by atoms with Crippen LogP contribution in [0.5, 0.6) is 0 Å². The lowest BCUT2D eigenvalue weighted by molar-refractivity contribution is 0.622. The zero-order valence-electron chi connectivity index (χ0n) is 22.1. The molecule has 0 unspecified atom stereocenters. The maximum Gasteiger partial charge on any atom is 0.178 e. The van der Waals surface area contributed by atoms with Gasteiger partial charge < -0.3 is 10.3 Å². The van der Waals surface area contributed by atoms with Crippen LogP contribution in [-0.4, -0.2) is 30.1 Å². The largest absolute Gasteiger partial charge is 0.359 e. The van der Waals surface area contributed by atoms with Crippen LogP contribution in [0.15, 0.2) is 79.3 Å². The molecular formula is C30H31N7S. The van der Waals surface area contributed by atoms with Crippen molar-refractivity contribution in [3.63, 3.8) is 0 Å². The highest BCUT2D eigenvalue weighted by molar-refractivity contribution is 7.15. The summed E-state index contributed by atoms with van der Waals surface area (Å²) in [5.74, 6) is 1.14. The first kappa shape index (κ1) is 25.4. The molecule has 0 atom stereocenters. The Morgan fingerprint density at radius 1 is 1.16 bits per heavy atom. The van der Waals surface area contributed by atoms with Gasteiger partial charge in [-0.1, -0.05) is 33.1 Å². The fraction of sp³-hybridized carbons (Fsp3) is 0.200. The first-order valence-electron chi connectivity index (χ1n) is 12.6. The minimum absolute atomic E-state index is 0.518. The summed E-state index contributed by atoms with van der Waals surface area (Å²) in [4.78, 5) is 20.1. The number of fused-ring (bicyclic) bond motifs is 2. The Morgan fingerprint density at radius 3 is 2.71 bits per heavy atom. The number of nitrogens with one attached hydrogen (secondary N) is 3. The number of aromatic amines is 2. The average molecular weight is 522 g/mol. The molecule has 0 aromatic carbocycles. The van der Waals surface area contributed by atoms with Crippen LogP contribution in [0, 0.1) is 12.8 Å². The summed E-state index contributed by atoms with van der Waals surface area (Å²) in [6, 6.07) is 10.2. The predicted molar refractivity (Wildman–Crippen MR) is 158 cm³/mol. The minimum atomic E-state index is 0.518. The fourth-order valence-corrected chi connectivity index (χ4v) is 5.30. The molecule has 0 bridgehead atoms. The summed E-state index contributed by atoms with van der Waals surface area (Å²) >= 11 is 1.75. The molecule has 5 aromatic rings. The van der Waals surface area contributed by atoms with Gasteiger partial charge in [-0.2, -0.15) is 5.10 Å². The van der Waals surface area contributed by atoms with Gasteiger partial charge in [0.05, 0.1) is 16.7 Å². The molecule has 5 heterocycles. The number of nitrogens with zero attached hydrogens (tertiary/aromatic N) is 4. The van der Waals surface area contributed by atoms with Gasteiger partial charge in [0.25, 0.3) is 0 Å². The fourth-order valence-electron chi connectivity index (χ4n) is 4.40. The van der Waals surface area contributed by atoms with E-state index in [1.165, 1.54) is 9.75 Å². The lowest BCUT2D eigenvalue weighted by atomic mass is 10.1. The zero-order valence-corrected chi connectivity index (χ0v) is 22.9. The van der Waals surface area contributed by atoms with Crippen LogP contribution in [0.25, 0.3) is 49.7 Å². The Balaban J connectivity index is 1.52. The number of thiophene rings is 1. The van der Waals surface area contributed by atoms with Crippen molar-refractivity contribution in [1.29, 1.82) is 0 Å². The number of pyridine rings is 2. The third kappa shape index (κ3) is 5.08. The van der Waals surface area contributed by atoms with Crippen molar-refractivity contribution in [2.24, 2.45) is 5.92 Å². The first-order chi connectivity index (χ1) is 18.4. The Labute approximate surface area is 226 Å². The Morgan fingerprint density at radius 2 is 2.00 bits per heavy atom. The topological polar surface area (TPSA) is 95.2 Å². The second-order valence-corrected chi connectivity index (χ2v) is 10.9. The molecule has 7 nitrogen and oxygen atoms in total.